The number of rotatable bonds is 2. The monoisotopic (exact) mass is 333 g/mol. The Morgan fingerprint density at radius 1 is 1.15 bits per heavy atom. The standard InChI is InChI=1S/C16H16BrNO2/c1-16(2,3)14-11(15(19)20)8-9-13(18-14)10-6-4-5-7-12(10)17/h4-9H,1-3H3,(H,19,20). The fraction of sp³-hybridized carbons (Fsp3) is 0.250. The molecule has 1 aromatic heterocycles. The average Bonchev–Trinajstić information content (AvgIpc) is 2.37. The van der Waals surface area contributed by atoms with E-state index in [1.54, 1.807) is 12.1 Å². The molecule has 1 aromatic carbocycles. The second-order valence-electron chi connectivity index (χ2n) is 5.63. The van der Waals surface area contributed by atoms with Gasteiger partial charge in [0.15, 0.2) is 0 Å². The molecule has 0 saturated carbocycles. The number of carboxylic acid groups (broad SMARTS) is 1. The molecule has 0 bridgehead atoms. The largest absolute Gasteiger partial charge is 0.478 e. The van der Waals surface area contributed by atoms with Gasteiger partial charge in [-0.2, -0.15) is 0 Å². The van der Waals surface area contributed by atoms with Crippen molar-refractivity contribution < 1.29 is 9.90 Å². The van der Waals surface area contributed by atoms with Crippen LogP contribution in [-0.4, -0.2) is 16.1 Å². The number of hydrogen-bond acceptors (Lipinski definition) is 2. The van der Waals surface area contributed by atoms with Crippen molar-refractivity contribution in [3.8, 4) is 11.3 Å². The number of aromatic nitrogens is 1. The lowest BCUT2D eigenvalue weighted by atomic mass is 9.88. The fourth-order valence-electron chi connectivity index (χ4n) is 2.02. The van der Waals surface area contributed by atoms with Crippen LogP contribution in [0.25, 0.3) is 11.3 Å². The van der Waals surface area contributed by atoms with E-state index in [9.17, 15) is 9.90 Å². The zero-order valence-corrected chi connectivity index (χ0v) is 13.2. The summed E-state index contributed by atoms with van der Waals surface area (Å²) in [7, 11) is 0. The minimum absolute atomic E-state index is 0.258. The Balaban J connectivity index is 2.65. The van der Waals surface area contributed by atoms with Gasteiger partial charge in [0.1, 0.15) is 0 Å². The molecule has 2 aromatic rings. The van der Waals surface area contributed by atoms with E-state index in [1.807, 2.05) is 45.0 Å². The van der Waals surface area contributed by atoms with E-state index in [0.29, 0.717) is 5.69 Å². The molecule has 0 fully saturated rings. The van der Waals surface area contributed by atoms with E-state index < -0.39 is 5.97 Å². The normalized spacial score (nSPS) is 11.4. The van der Waals surface area contributed by atoms with Crippen LogP contribution in [-0.2, 0) is 5.41 Å². The highest BCUT2D eigenvalue weighted by atomic mass is 79.9. The highest BCUT2D eigenvalue weighted by Crippen LogP contribution is 2.30. The van der Waals surface area contributed by atoms with E-state index >= 15 is 0 Å². The summed E-state index contributed by atoms with van der Waals surface area (Å²) in [5.74, 6) is -0.943. The Bertz CT molecular complexity index is 660. The number of pyridine rings is 1. The van der Waals surface area contributed by atoms with Crippen molar-refractivity contribution >= 4 is 21.9 Å². The molecule has 20 heavy (non-hydrogen) atoms. The second kappa shape index (κ2) is 5.37. The van der Waals surface area contributed by atoms with E-state index in [4.69, 9.17) is 0 Å². The van der Waals surface area contributed by atoms with Crippen molar-refractivity contribution in [3.63, 3.8) is 0 Å². The predicted molar refractivity (Wildman–Crippen MR) is 83.0 cm³/mol. The summed E-state index contributed by atoms with van der Waals surface area (Å²) in [6.45, 7) is 5.89. The first-order chi connectivity index (χ1) is 9.30. The third kappa shape index (κ3) is 2.90. The van der Waals surface area contributed by atoms with Gasteiger partial charge in [0.25, 0.3) is 0 Å². The maximum absolute atomic E-state index is 11.3. The van der Waals surface area contributed by atoms with Crippen LogP contribution in [0.3, 0.4) is 0 Å². The van der Waals surface area contributed by atoms with E-state index in [1.165, 1.54) is 0 Å². The van der Waals surface area contributed by atoms with Gasteiger partial charge in [-0.05, 0) is 18.2 Å². The van der Waals surface area contributed by atoms with Crippen LogP contribution in [0.1, 0.15) is 36.8 Å². The van der Waals surface area contributed by atoms with Crippen LogP contribution < -0.4 is 0 Å². The number of benzene rings is 1. The van der Waals surface area contributed by atoms with Crippen molar-refractivity contribution in [2.24, 2.45) is 0 Å². The second-order valence-corrected chi connectivity index (χ2v) is 6.48. The lowest BCUT2D eigenvalue weighted by Gasteiger charge is -2.21. The SMILES string of the molecule is CC(C)(C)c1nc(-c2ccccc2Br)ccc1C(=O)O. The van der Waals surface area contributed by atoms with E-state index in [0.717, 1.165) is 15.7 Å². The number of carboxylic acids is 1. The molecule has 0 aliphatic carbocycles. The van der Waals surface area contributed by atoms with Crippen molar-refractivity contribution in [3.05, 3.63) is 52.1 Å². The number of hydrogen-bond donors (Lipinski definition) is 1. The Morgan fingerprint density at radius 3 is 2.35 bits per heavy atom. The topological polar surface area (TPSA) is 50.2 Å². The van der Waals surface area contributed by atoms with Gasteiger partial charge in [-0.15, -0.1) is 0 Å². The van der Waals surface area contributed by atoms with Gasteiger partial charge < -0.3 is 5.11 Å². The highest BCUT2D eigenvalue weighted by Gasteiger charge is 2.24. The molecule has 4 heteroatoms. The zero-order chi connectivity index (χ0) is 14.9. The van der Waals surface area contributed by atoms with Crippen LogP contribution in [0.15, 0.2) is 40.9 Å². The first-order valence-corrected chi connectivity index (χ1v) is 7.09. The molecule has 0 aliphatic heterocycles. The quantitative estimate of drug-likeness (QED) is 0.879. The summed E-state index contributed by atoms with van der Waals surface area (Å²) in [6.07, 6.45) is 0. The summed E-state index contributed by atoms with van der Waals surface area (Å²) < 4.78 is 0.940. The molecule has 1 N–H and O–H groups in total. The Kier molecular flexibility index (Phi) is 3.95. The molecule has 0 aliphatic rings. The van der Waals surface area contributed by atoms with Gasteiger partial charge in [0.05, 0.1) is 17.0 Å². The van der Waals surface area contributed by atoms with Gasteiger partial charge in [0, 0.05) is 15.5 Å². The van der Waals surface area contributed by atoms with Crippen molar-refractivity contribution in [2.45, 2.75) is 26.2 Å². The highest BCUT2D eigenvalue weighted by molar-refractivity contribution is 9.10. The summed E-state index contributed by atoms with van der Waals surface area (Å²) >= 11 is 3.50. The van der Waals surface area contributed by atoms with Gasteiger partial charge in [-0.1, -0.05) is 54.9 Å². The number of nitrogens with zero attached hydrogens (tertiary/aromatic N) is 1. The van der Waals surface area contributed by atoms with Crippen molar-refractivity contribution in [2.75, 3.05) is 0 Å². The molecular formula is C16H16BrNO2. The summed E-state index contributed by atoms with van der Waals surface area (Å²) in [5, 5.41) is 9.30. The minimum atomic E-state index is -0.943. The maximum Gasteiger partial charge on any atom is 0.337 e. The van der Waals surface area contributed by atoms with Gasteiger partial charge in [-0.25, -0.2) is 4.79 Å². The average molecular weight is 334 g/mol. The van der Waals surface area contributed by atoms with Crippen molar-refractivity contribution in [1.82, 2.24) is 4.98 Å². The smallest absolute Gasteiger partial charge is 0.337 e. The van der Waals surface area contributed by atoms with Crippen molar-refractivity contribution in [1.29, 1.82) is 0 Å². The number of halogens is 1. The van der Waals surface area contributed by atoms with Crippen LogP contribution in [0.2, 0.25) is 0 Å². The summed E-state index contributed by atoms with van der Waals surface area (Å²) in [6, 6.07) is 11.1. The number of aromatic carboxylic acids is 1. The first-order valence-electron chi connectivity index (χ1n) is 6.30. The van der Waals surface area contributed by atoms with Crippen LogP contribution in [0.4, 0.5) is 0 Å². The lowest BCUT2D eigenvalue weighted by Crippen LogP contribution is -2.19. The van der Waals surface area contributed by atoms with Crippen LogP contribution in [0.5, 0.6) is 0 Å². The van der Waals surface area contributed by atoms with Gasteiger partial charge in [0.2, 0.25) is 0 Å². The Morgan fingerprint density at radius 2 is 1.80 bits per heavy atom. The molecule has 104 valence electrons. The third-order valence-corrected chi connectivity index (χ3v) is 3.68. The van der Waals surface area contributed by atoms with E-state index in [2.05, 4.69) is 20.9 Å². The maximum atomic E-state index is 11.3. The zero-order valence-electron chi connectivity index (χ0n) is 11.6. The molecule has 1 heterocycles. The van der Waals surface area contributed by atoms with E-state index in [-0.39, 0.29) is 11.0 Å². The predicted octanol–water partition coefficient (Wildman–Crippen LogP) is 4.51. The molecule has 0 amide bonds. The molecule has 0 atom stereocenters. The molecule has 3 nitrogen and oxygen atoms in total. The minimum Gasteiger partial charge on any atom is -0.478 e. The summed E-state index contributed by atoms with van der Waals surface area (Å²) in [5.41, 5.74) is 2.25. The molecule has 0 radical (unpaired) electrons. The summed E-state index contributed by atoms with van der Waals surface area (Å²) in [4.78, 5) is 15.9. The van der Waals surface area contributed by atoms with Gasteiger partial charge >= 0.3 is 5.97 Å². The third-order valence-electron chi connectivity index (χ3n) is 2.99. The van der Waals surface area contributed by atoms with Gasteiger partial charge in [-0.3, -0.25) is 4.98 Å². The first kappa shape index (κ1) is 14.7. The lowest BCUT2D eigenvalue weighted by molar-refractivity contribution is 0.0693. The Hall–Kier alpha value is -1.68. The fourth-order valence-corrected chi connectivity index (χ4v) is 2.51. The molecule has 0 spiro atoms. The molecule has 0 unspecified atom stereocenters. The van der Waals surface area contributed by atoms with Crippen LogP contribution in [0, 0.1) is 0 Å². The van der Waals surface area contributed by atoms with Crippen LogP contribution >= 0.6 is 15.9 Å². The Labute approximate surface area is 126 Å². The molecule has 0 saturated heterocycles. The molecule has 2 rings (SSSR count). The number of carbonyl (C=O) groups is 1. The molecular weight excluding hydrogens is 318 g/mol.